The van der Waals surface area contributed by atoms with Crippen LogP contribution in [0.25, 0.3) is 0 Å². The van der Waals surface area contributed by atoms with Crippen LogP contribution in [0.15, 0.2) is 65.6 Å². The van der Waals surface area contributed by atoms with Gasteiger partial charge in [0.1, 0.15) is 5.75 Å². The second-order valence-electron chi connectivity index (χ2n) is 7.36. The van der Waals surface area contributed by atoms with Crippen molar-refractivity contribution in [2.24, 2.45) is 0 Å². The summed E-state index contributed by atoms with van der Waals surface area (Å²) in [7, 11) is -2.30. The number of rotatable bonds is 8. The lowest BCUT2D eigenvalue weighted by molar-refractivity contribution is 0.0954. The van der Waals surface area contributed by atoms with E-state index in [1.807, 2.05) is 44.2 Å². The first-order valence-electron chi connectivity index (χ1n) is 10.0. The van der Waals surface area contributed by atoms with Crippen molar-refractivity contribution < 1.29 is 17.9 Å². The van der Waals surface area contributed by atoms with Gasteiger partial charge in [0, 0.05) is 12.2 Å². The molecular weight excluding hydrogens is 448 g/mol. The number of ether oxygens (including phenoxy) is 1. The molecule has 0 heterocycles. The molecule has 0 radical (unpaired) electrons. The van der Waals surface area contributed by atoms with Gasteiger partial charge in [0.2, 0.25) is 0 Å². The van der Waals surface area contributed by atoms with Crippen LogP contribution in [0, 0.1) is 13.8 Å². The van der Waals surface area contributed by atoms with E-state index in [9.17, 15) is 13.2 Å². The van der Waals surface area contributed by atoms with Crippen LogP contribution in [0.1, 0.15) is 27.0 Å². The molecule has 0 spiro atoms. The standard InChI is InChI=1S/C24H25ClN2O4S/c1-16-8-9-19(14-17(16)2)27-32(29,30)20-10-11-22(25)21(15-20)24(28)26-13-12-18-6-4-5-7-23(18)31-3/h4-11,14-15,27H,12-13H2,1-3H3,(H,26,28). The number of nitrogens with one attached hydrogen (secondary N) is 2. The van der Waals surface area contributed by atoms with Crippen LogP contribution in [-0.2, 0) is 16.4 Å². The van der Waals surface area contributed by atoms with Gasteiger partial charge in [-0.2, -0.15) is 0 Å². The zero-order chi connectivity index (χ0) is 23.3. The minimum atomic E-state index is -3.89. The van der Waals surface area contributed by atoms with Crippen molar-refractivity contribution in [1.82, 2.24) is 5.32 Å². The molecule has 32 heavy (non-hydrogen) atoms. The molecular formula is C24H25ClN2O4S. The number of carbonyl (C=O) groups is 1. The molecule has 8 heteroatoms. The van der Waals surface area contributed by atoms with Crippen molar-refractivity contribution in [1.29, 1.82) is 0 Å². The Balaban J connectivity index is 1.74. The highest BCUT2D eigenvalue weighted by Crippen LogP contribution is 2.24. The van der Waals surface area contributed by atoms with E-state index in [-0.39, 0.29) is 15.5 Å². The fourth-order valence-electron chi connectivity index (χ4n) is 3.18. The van der Waals surface area contributed by atoms with Crippen molar-refractivity contribution in [3.05, 3.63) is 87.9 Å². The fourth-order valence-corrected chi connectivity index (χ4v) is 4.46. The average molecular weight is 473 g/mol. The molecule has 0 unspecified atom stereocenters. The molecule has 0 bridgehead atoms. The largest absolute Gasteiger partial charge is 0.496 e. The second kappa shape index (κ2) is 10.1. The molecule has 168 valence electrons. The maximum atomic E-state index is 12.9. The second-order valence-corrected chi connectivity index (χ2v) is 9.45. The number of hydrogen-bond acceptors (Lipinski definition) is 4. The molecule has 0 aliphatic heterocycles. The number of methoxy groups -OCH3 is 1. The van der Waals surface area contributed by atoms with E-state index < -0.39 is 15.9 Å². The fraction of sp³-hybridized carbons (Fsp3) is 0.208. The van der Waals surface area contributed by atoms with Crippen molar-refractivity contribution in [2.75, 3.05) is 18.4 Å². The minimum absolute atomic E-state index is 0.0463. The lowest BCUT2D eigenvalue weighted by Crippen LogP contribution is -2.26. The SMILES string of the molecule is COc1ccccc1CCNC(=O)c1cc(S(=O)(=O)Nc2ccc(C)c(C)c2)ccc1Cl. The number of para-hydroxylation sites is 1. The van der Waals surface area contributed by atoms with Crippen molar-refractivity contribution in [2.45, 2.75) is 25.2 Å². The van der Waals surface area contributed by atoms with Gasteiger partial charge in [-0.05, 0) is 73.4 Å². The maximum Gasteiger partial charge on any atom is 0.261 e. The summed E-state index contributed by atoms with van der Waals surface area (Å²) in [4.78, 5) is 12.6. The molecule has 2 N–H and O–H groups in total. The Bertz CT molecular complexity index is 1240. The molecule has 0 aliphatic rings. The van der Waals surface area contributed by atoms with E-state index >= 15 is 0 Å². The molecule has 0 saturated heterocycles. The summed E-state index contributed by atoms with van der Waals surface area (Å²) in [6.07, 6.45) is 0.555. The molecule has 3 aromatic carbocycles. The number of hydrogen-bond donors (Lipinski definition) is 2. The molecule has 6 nitrogen and oxygen atoms in total. The van der Waals surface area contributed by atoms with Crippen LogP contribution >= 0.6 is 11.6 Å². The van der Waals surface area contributed by atoms with Gasteiger partial charge in [0.05, 0.1) is 22.6 Å². The quantitative estimate of drug-likeness (QED) is 0.496. The molecule has 3 rings (SSSR count). The van der Waals surface area contributed by atoms with E-state index in [1.54, 1.807) is 19.2 Å². The van der Waals surface area contributed by atoms with Crippen LogP contribution in [0.3, 0.4) is 0 Å². The first kappa shape index (κ1) is 23.6. The number of carbonyl (C=O) groups excluding carboxylic acids is 1. The maximum absolute atomic E-state index is 12.9. The summed E-state index contributed by atoms with van der Waals surface area (Å²) in [5, 5.41) is 2.96. The third-order valence-corrected chi connectivity index (χ3v) is 6.83. The summed E-state index contributed by atoms with van der Waals surface area (Å²) >= 11 is 6.19. The summed E-state index contributed by atoms with van der Waals surface area (Å²) in [5.74, 6) is 0.290. The summed E-state index contributed by atoms with van der Waals surface area (Å²) in [6, 6.07) is 16.9. The third kappa shape index (κ3) is 5.60. The van der Waals surface area contributed by atoms with Crippen LogP contribution in [0.5, 0.6) is 5.75 Å². The zero-order valence-corrected chi connectivity index (χ0v) is 19.7. The van der Waals surface area contributed by atoms with Crippen molar-refractivity contribution in [3.8, 4) is 5.75 Å². The summed E-state index contributed by atoms with van der Waals surface area (Å²) < 4.78 is 33.6. The van der Waals surface area contributed by atoms with Crippen LogP contribution in [-0.4, -0.2) is 28.0 Å². The van der Waals surface area contributed by atoms with Gasteiger partial charge in [0.15, 0.2) is 0 Å². The van der Waals surface area contributed by atoms with E-state index in [2.05, 4.69) is 10.0 Å². The summed E-state index contributed by atoms with van der Waals surface area (Å²) in [5.41, 5.74) is 3.53. The lowest BCUT2D eigenvalue weighted by Gasteiger charge is -2.12. The Hall–Kier alpha value is -3.03. The summed E-state index contributed by atoms with van der Waals surface area (Å²) in [6.45, 7) is 4.20. The van der Waals surface area contributed by atoms with Crippen LogP contribution in [0.2, 0.25) is 5.02 Å². The Labute approximate surface area is 193 Å². The van der Waals surface area contributed by atoms with Crippen LogP contribution < -0.4 is 14.8 Å². The Morgan fingerprint density at radius 3 is 2.47 bits per heavy atom. The molecule has 1 amide bonds. The number of sulfonamides is 1. The number of anilines is 1. The predicted molar refractivity (Wildman–Crippen MR) is 127 cm³/mol. The van der Waals surface area contributed by atoms with Crippen molar-refractivity contribution >= 4 is 33.2 Å². The molecule has 3 aromatic rings. The van der Waals surface area contributed by atoms with Gasteiger partial charge in [-0.3, -0.25) is 9.52 Å². The number of aryl methyl sites for hydroxylation is 2. The molecule has 0 aromatic heterocycles. The zero-order valence-electron chi connectivity index (χ0n) is 18.1. The van der Waals surface area contributed by atoms with Crippen molar-refractivity contribution in [3.63, 3.8) is 0 Å². The van der Waals surface area contributed by atoms with Gasteiger partial charge < -0.3 is 10.1 Å². The third-order valence-electron chi connectivity index (χ3n) is 5.12. The highest BCUT2D eigenvalue weighted by atomic mass is 35.5. The first-order chi connectivity index (χ1) is 15.2. The Morgan fingerprint density at radius 2 is 1.75 bits per heavy atom. The van der Waals surface area contributed by atoms with Gasteiger partial charge in [-0.15, -0.1) is 0 Å². The Morgan fingerprint density at radius 1 is 1.00 bits per heavy atom. The minimum Gasteiger partial charge on any atom is -0.496 e. The predicted octanol–water partition coefficient (Wildman–Crippen LogP) is 4.74. The van der Waals surface area contributed by atoms with E-state index in [0.29, 0.717) is 18.7 Å². The van der Waals surface area contributed by atoms with E-state index in [1.165, 1.54) is 18.2 Å². The number of benzene rings is 3. The average Bonchev–Trinajstić information content (AvgIpc) is 2.76. The molecule has 0 atom stereocenters. The monoisotopic (exact) mass is 472 g/mol. The van der Waals surface area contributed by atoms with E-state index in [0.717, 1.165) is 22.4 Å². The first-order valence-corrected chi connectivity index (χ1v) is 11.9. The highest BCUT2D eigenvalue weighted by Gasteiger charge is 2.19. The van der Waals surface area contributed by atoms with Crippen LogP contribution in [0.4, 0.5) is 5.69 Å². The van der Waals surface area contributed by atoms with Gasteiger partial charge >= 0.3 is 0 Å². The number of amides is 1. The molecule has 0 aliphatic carbocycles. The normalized spacial score (nSPS) is 11.1. The Kier molecular flexibility index (Phi) is 7.43. The molecule has 0 saturated carbocycles. The van der Waals surface area contributed by atoms with E-state index in [4.69, 9.17) is 16.3 Å². The van der Waals surface area contributed by atoms with Gasteiger partial charge in [-0.25, -0.2) is 8.42 Å². The highest BCUT2D eigenvalue weighted by molar-refractivity contribution is 7.92. The van der Waals surface area contributed by atoms with Gasteiger partial charge in [0.25, 0.3) is 15.9 Å². The molecule has 0 fully saturated rings. The lowest BCUT2D eigenvalue weighted by atomic mass is 10.1. The topological polar surface area (TPSA) is 84.5 Å². The number of halogens is 1. The smallest absolute Gasteiger partial charge is 0.261 e. The van der Waals surface area contributed by atoms with Gasteiger partial charge in [-0.1, -0.05) is 35.9 Å².